The fraction of sp³-hybridized carbons (Fsp3) is 0.438. The first kappa shape index (κ1) is 17.3. The van der Waals surface area contributed by atoms with Gasteiger partial charge in [-0.1, -0.05) is 0 Å². The van der Waals surface area contributed by atoms with Crippen molar-refractivity contribution < 1.29 is 23.9 Å². The molecule has 1 amide bonds. The molecule has 0 radical (unpaired) electrons. The van der Waals surface area contributed by atoms with Gasteiger partial charge in [0.25, 0.3) is 0 Å². The zero-order chi connectivity index (χ0) is 17.2. The molecule has 0 unspecified atom stereocenters. The lowest BCUT2D eigenvalue weighted by atomic mass is 10.2. The summed E-state index contributed by atoms with van der Waals surface area (Å²) in [6.07, 6.45) is 0. The molecule has 0 saturated carbocycles. The van der Waals surface area contributed by atoms with E-state index < -0.39 is 24.1 Å². The van der Waals surface area contributed by atoms with Crippen LogP contribution in [0.1, 0.15) is 38.1 Å². The molecule has 0 fully saturated rings. The van der Waals surface area contributed by atoms with Crippen LogP contribution >= 0.6 is 11.8 Å². The van der Waals surface area contributed by atoms with E-state index in [0.717, 1.165) is 4.90 Å². The topological polar surface area (TPSA) is 81.7 Å². The number of fused-ring (bicyclic) bond motifs is 1. The molecule has 1 aromatic rings. The molecule has 0 spiro atoms. The van der Waals surface area contributed by atoms with Crippen molar-refractivity contribution in [1.82, 2.24) is 0 Å². The van der Waals surface area contributed by atoms with Gasteiger partial charge in [-0.25, -0.2) is 9.59 Å². The Morgan fingerprint density at radius 3 is 2.65 bits per heavy atom. The predicted octanol–water partition coefficient (Wildman–Crippen LogP) is 2.62. The maximum atomic E-state index is 12.0. The number of carbonyl (C=O) groups excluding carboxylic acids is 3. The molecule has 1 N–H and O–H groups in total. The van der Waals surface area contributed by atoms with Crippen LogP contribution in [0.3, 0.4) is 0 Å². The van der Waals surface area contributed by atoms with Gasteiger partial charge >= 0.3 is 11.9 Å². The van der Waals surface area contributed by atoms with Gasteiger partial charge in [0.1, 0.15) is 5.60 Å². The van der Waals surface area contributed by atoms with Crippen LogP contribution in [0.25, 0.3) is 0 Å². The molecule has 0 bridgehead atoms. The molecule has 7 heteroatoms. The van der Waals surface area contributed by atoms with E-state index in [1.54, 1.807) is 39.0 Å². The monoisotopic (exact) mass is 337 g/mol. The summed E-state index contributed by atoms with van der Waals surface area (Å²) < 4.78 is 10.0. The molecule has 1 aliphatic heterocycles. The fourth-order valence-electron chi connectivity index (χ4n) is 1.91. The third-order valence-electron chi connectivity index (χ3n) is 2.89. The summed E-state index contributed by atoms with van der Waals surface area (Å²) in [5.41, 5.74) is 0.209. The minimum absolute atomic E-state index is 0.109. The van der Waals surface area contributed by atoms with Gasteiger partial charge in [0.05, 0.1) is 16.5 Å². The van der Waals surface area contributed by atoms with Crippen LogP contribution in [-0.2, 0) is 19.1 Å². The van der Waals surface area contributed by atoms with E-state index in [9.17, 15) is 14.4 Å². The van der Waals surface area contributed by atoms with Crippen molar-refractivity contribution in [3.05, 3.63) is 23.8 Å². The van der Waals surface area contributed by atoms with E-state index >= 15 is 0 Å². The van der Waals surface area contributed by atoms with E-state index in [2.05, 4.69) is 5.32 Å². The number of rotatable bonds is 3. The Kier molecular flexibility index (Phi) is 4.99. The number of benzene rings is 1. The Hall–Kier alpha value is -2.02. The molecule has 23 heavy (non-hydrogen) atoms. The average molecular weight is 337 g/mol. The zero-order valence-corrected chi connectivity index (χ0v) is 14.3. The summed E-state index contributed by atoms with van der Waals surface area (Å²) in [6.45, 7) is 6.56. The highest BCUT2D eigenvalue weighted by atomic mass is 32.2. The van der Waals surface area contributed by atoms with E-state index in [4.69, 9.17) is 9.47 Å². The second-order valence-electron chi connectivity index (χ2n) is 6.12. The number of nitrogens with one attached hydrogen (secondary N) is 1. The molecule has 0 aromatic heterocycles. The van der Waals surface area contributed by atoms with Crippen LogP contribution < -0.4 is 5.32 Å². The standard InChI is InChI=1S/C16H19NO5S/c1-9-14(19)17-11-7-10(5-6-12(11)23-9)15(20)21-8-13(18)22-16(2,3)4/h5-7,9H,8H2,1-4H3,(H,17,19)/t9-/m1/s1. The van der Waals surface area contributed by atoms with Crippen molar-refractivity contribution in [2.24, 2.45) is 0 Å². The maximum absolute atomic E-state index is 12.0. The van der Waals surface area contributed by atoms with Gasteiger partial charge in [0.15, 0.2) is 6.61 Å². The third kappa shape index (κ3) is 4.72. The smallest absolute Gasteiger partial charge is 0.344 e. The first-order valence-corrected chi connectivity index (χ1v) is 8.04. The van der Waals surface area contributed by atoms with Crippen LogP contribution in [0.5, 0.6) is 0 Å². The van der Waals surface area contributed by atoms with Crippen molar-refractivity contribution in [2.75, 3.05) is 11.9 Å². The van der Waals surface area contributed by atoms with Crippen LogP contribution in [-0.4, -0.2) is 35.3 Å². The highest BCUT2D eigenvalue weighted by molar-refractivity contribution is 8.00. The summed E-state index contributed by atoms with van der Waals surface area (Å²) in [6, 6.07) is 4.90. The number of esters is 2. The highest BCUT2D eigenvalue weighted by Gasteiger charge is 2.24. The van der Waals surface area contributed by atoms with Crippen LogP contribution in [0, 0.1) is 0 Å². The molecule has 1 aromatic carbocycles. The molecule has 124 valence electrons. The molecular formula is C16H19NO5S. The summed E-state index contributed by atoms with van der Waals surface area (Å²) in [4.78, 5) is 36.1. The van der Waals surface area contributed by atoms with Gasteiger partial charge in [-0.15, -0.1) is 11.8 Å². The Bertz CT molecular complexity index is 650. The SMILES string of the molecule is C[C@H]1Sc2ccc(C(=O)OCC(=O)OC(C)(C)C)cc2NC1=O. The molecular weight excluding hydrogens is 318 g/mol. The number of hydrogen-bond acceptors (Lipinski definition) is 6. The minimum atomic E-state index is -0.642. The minimum Gasteiger partial charge on any atom is -0.457 e. The quantitative estimate of drug-likeness (QED) is 0.854. The molecule has 1 aliphatic rings. The second kappa shape index (κ2) is 6.62. The van der Waals surface area contributed by atoms with Gasteiger partial charge in [-0.05, 0) is 45.9 Å². The van der Waals surface area contributed by atoms with Gasteiger partial charge < -0.3 is 14.8 Å². The molecule has 1 heterocycles. The van der Waals surface area contributed by atoms with Crippen molar-refractivity contribution in [1.29, 1.82) is 0 Å². The van der Waals surface area contributed by atoms with Crippen molar-refractivity contribution in [2.45, 2.75) is 43.4 Å². The Balaban J connectivity index is 2.00. The Morgan fingerprint density at radius 2 is 2.00 bits per heavy atom. The largest absolute Gasteiger partial charge is 0.457 e. The number of thioether (sulfide) groups is 1. The number of amides is 1. The van der Waals surface area contributed by atoms with Crippen molar-refractivity contribution in [3.8, 4) is 0 Å². The molecule has 0 saturated heterocycles. The number of hydrogen-bond donors (Lipinski definition) is 1. The zero-order valence-electron chi connectivity index (χ0n) is 13.5. The normalized spacial score (nSPS) is 17.0. The van der Waals surface area contributed by atoms with Gasteiger partial charge in [-0.2, -0.15) is 0 Å². The van der Waals surface area contributed by atoms with Gasteiger partial charge in [0, 0.05) is 4.90 Å². The lowest BCUT2D eigenvalue weighted by molar-refractivity contribution is -0.158. The summed E-state index contributed by atoms with van der Waals surface area (Å²) in [5.74, 6) is -1.36. The van der Waals surface area contributed by atoms with E-state index in [-0.39, 0.29) is 16.7 Å². The van der Waals surface area contributed by atoms with E-state index in [1.807, 2.05) is 6.92 Å². The summed E-state index contributed by atoms with van der Waals surface area (Å²) >= 11 is 1.43. The molecule has 6 nitrogen and oxygen atoms in total. The lowest BCUT2D eigenvalue weighted by Gasteiger charge is -2.21. The number of anilines is 1. The average Bonchev–Trinajstić information content (AvgIpc) is 2.43. The molecule has 0 aliphatic carbocycles. The first-order valence-electron chi connectivity index (χ1n) is 7.16. The second-order valence-corrected chi connectivity index (χ2v) is 7.51. The van der Waals surface area contributed by atoms with Gasteiger partial charge in [-0.3, -0.25) is 4.79 Å². The molecule has 1 atom stereocenters. The van der Waals surface area contributed by atoms with E-state index in [0.29, 0.717) is 5.69 Å². The predicted molar refractivity (Wildman–Crippen MR) is 86.5 cm³/mol. The van der Waals surface area contributed by atoms with Crippen LogP contribution in [0.4, 0.5) is 5.69 Å². The first-order chi connectivity index (χ1) is 10.7. The Morgan fingerprint density at radius 1 is 1.30 bits per heavy atom. The third-order valence-corrected chi connectivity index (χ3v) is 4.06. The lowest BCUT2D eigenvalue weighted by Crippen LogP contribution is -2.28. The van der Waals surface area contributed by atoms with Crippen molar-refractivity contribution in [3.63, 3.8) is 0 Å². The summed E-state index contributed by atoms with van der Waals surface area (Å²) in [7, 11) is 0. The summed E-state index contributed by atoms with van der Waals surface area (Å²) in [5, 5.41) is 2.57. The Labute approximate surface area is 138 Å². The van der Waals surface area contributed by atoms with Crippen LogP contribution in [0.2, 0.25) is 0 Å². The number of ether oxygens (including phenoxy) is 2. The van der Waals surface area contributed by atoms with Gasteiger partial charge in [0.2, 0.25) is 5.91 Å². The molecule has 2 rings (SSSR count). The highest BCUT2D eigenvalue weighted by Crippen LogP contribution is 2.35. The fourth-order valence-corrected chi connectivity index (χ4v) is 2.84. The van der Waals surface area contributed by atoms with Crippen LogP contribution in [0.15, 0.2) is 23.1 Å². The maximum Gasteiger partial charge on any atom is 0.344 e. The van der Waals surface area contributed by atoms with E-state index in [1.165, 1.54) is 11.8 Å². The number of carbonyl (C=O) groups is 3. The van der Waals surface area contributed by atoms with Crippen molar-refractivity contribution >= 4 is 35.3 Å².